The Balaban J connectivity index is 0.000000236. The fourth-order valence-corrected chi connectivity index (χ4v) is 7.47. The molecule has 7 heteroatoms. The number of anilines is 1. The fourth-order valence-electron chi connectivity index (χ4n) is 7.47. The van der Waals surface area contributed by atoms with Gasteiger partial charge in [0.25, 0.3) is 0 Å². The average molecular weight is 758 g/mol. The second-order valence-corrected chi connectivity index (χ2v) is 16.3. The summed E-state index contributed by atoms with van der Waals surface area (Å²) in [6.45, 7) is 21.0. The third kappa shape index (κ3) is 12.0. The summed E-state index contributed by atoms with van der Waals surface area (Å²) in [6.07, 6.45) is 7.70. The van der Waals surface area contributed by atoms with Gasteiger partial charge in [0.2, 0.25) is 0 Å². The molecule has 0 N–H and O–H groups in total. The van der Waals surface area contributed by atoms with Gasteiger partial charge >= 0.3 is 0 Å². The topological polar surface area (TPSA) is 105 Å². The van der Waals surface area contributed by atoms with E-state index in [9.17, 15) is 10.5 Å². The van der Waals surface area contributed by atoms with Crippen molar-refractivity contribution in [2.45, 2.75) is 88.0 Å². The van der Waals surface area contributed by atoms with Crippen molar-refractivity contribution in [1.82, 2.24) is 9.55 Å². The van der Waals surface area contributed by atoms with Gasteiger partial charge in [0, 0.05) is 42.7 Å². The standard InChI is InChI=1S/C24H29N3.C24H27N3.C2H3N/c2*1-17(2)12-21-14-19(16-25)15-22(13-18(3)4)23(21)27-11-10-26-24(27)20-8-6-5-7-9-20;1-2-3/h5-9,14-15,17-18H,10-13H2,1-4H3;5-11,14-15,17-18H,12-13H2,1-4H3;1H3. The molecule has 0 unspecified atom stereocenters. The van der Waals surface area contributed by atoms with Crippen molar-refractivity contribution in [1.29, 1.82) is 15.8 Å². The number of hydrogen-bond donors (Lipinski definition) is 0. The number of nitriles is 3. The van der Waals surface area contributed by atoms with Crippen LogP contribution in [-0.4, -0.2) is 28.5 Å². The van der Waals surface area contributed by atoms with Crippen molar-refractivity contribution in [3.05, 3.63) is 136 Å². The van der Waals surface area contributed by atoms with E-state index in [1.54, 1.807) is 6.07 Å². The minimum Gasteiger partial charge on any atom is -0.324 e. The second kappa shape index (κ2) is 21.4. The first-order valence-corrected chi connectivity index (χ1v) is 20.3. The zero-order chi connectivity index (χ0) is 41.5. The lowest BCUT2D eigenvalue weighted by atomic mass is 9.91. The molecule has 0 aliphatic carbocycles. The third-order valence-corrected chi connectivity index (χ3v) is 9.36. The van der Waals surface area contributed by atoms with E-state index in [2.05, 4.69) is 131 Å². The van der Waals surface area contributed by atoms with Crippen molar-refractivity contribution in [2.24, 2.45) is 28.7 Å². The highest BCUT2D eigenvalue weighted by atomic mass is 15.2. The Morgan fingerprint density at radius 1 is 0.596 bits per heavy atom. The van der Waals surface area contributed by atoms with Crippen LogP contribution in [0, 0.1) is 57.7 Å². The minimum atomic E-state index is 0.508. The molecule has 0 saturated heterocycles. The molecule has 0 bridgehead atoms. The van der Waals surface area contributed by atoms with E-state index < -0.39 is 0 Å². The summed E-state index contributed by atoms with van der Waals surface area (Å²) < 4.78 is 2.20. The molecular formula is C50H59N7. The SMILES string of the molecule is CC#N.CC(C)Cc1cc(C#N)cc(CC(C)C)c1-n1ccnc1-c1ccccc1.CC(C)Cc1cc(C#N)cc(CC(C)C)c1N1CCN=C1c1ccccc1. The average Bonchev–Trinajstić information content (AvgIpc) is 3.86. The van der Waals surface area contributed by atoms with E-state index in [0.717, 1.165) is 72.7 Å². The van der Waals surface area contributed by atoms with Crippen LogP contribution in [0.2, 0.25) is 0 Å². The van der Waals surface area contributed by atoms with Gasteiger partial charge in [-0.15, -0.1) is 0 Å². The Morgan fingerprint density at radius 3 is 1.40 bits per heavy atom. The molecule has 5 aromatic rings. The van der Waals surface area contributed by atoms with Gasteiger partial charge in [-0.1, -0.05) is 116 Å². The number of imidazole rings is 1. The summed E-state index contributed by atoms with van der Waals surface area (Å²) in [5.74, 6) is 4.07. The summed E-state index contributed by atoms with van der Waals surface area (Å²) >= 11 is 0. The lowest BCUT2D eigenvalue weighted by molar-refractivity contribution is 0.631. The molecule has 4 aromatic carbocycles. The molecule has 57 heavy (non-hydrogen) atoms. The molecule has 7 nitrogen and oxygen atoms in total. The van der Waals surface area contributed by atoms with Crippen LogP contribution in [0.3, 0.4) is 0 Å². The monoisotopic (exact) mass is 757 g/mol. The maximum Gasteiger partial charge on any atom is 0.144 e. The van der Waals surface area contributed by atoms with Gasteiger partial charge in [0.1, 0.15) is 11.7 Å². The van der Waals surface area contributed by atoms with E-state index in [0.29, 0.717) is 23.7 Å². The van der Waals surface area contributed by atoms with Crippen LogP contribution in [-0.2, 0) is 25.7 Å². The van der Waals surface area contributed by atoms with Crippen LogP contribution < -0.4 is 4.90 Å². The van der Waals surface area contributed by atoms with Crippen LogP contribution in [0.1, 0.15) is 101 Å². The summed E-state index contributed by atoms with van der Waals surface area (Å²) in [4.78, 5) is 11.8. The maximum atomic E-state index is 9.55. The summed E-state index contributed by atoms with van der Waals surface area (Å²) in [6, 6.07) is 35.4. The molecule has 1 aliphatic heterocycles. The molecular weight excluding hydrogens is 699 g/mol. The van der Waals surface area contributed by atoms with Crippen molar-refractivity contribution in [3.63, 3.8) is 0 Å². The van der Waals surface area contributed by atoms with E-state index in [1.165, 1.54) is 40.6 Å². The summed E-state index contributed by atoms with van der Waals surface area (Å²) in [5.41, 5.74) is 11.2. The van der Waals surface area contributed by atoms with Crippen molar-refractivity contribution in [3.8, 4) is 35.3 Å². The van der Waals surface area contributed by atoms with Gasteiger partial charge in [-0.2, -0.15) is 15.8 Å². The van der Waals surface area contributed by atoms with E-state index in [-0.39, 0.29) is 0 Å². The Labute approximate surface area is 342 Å². The van der Waals surface area contributed by atoms with E-state index >= 15 is 0 Å². The molecule has 1 aliphatic rings. The first-order valence-electron chi connectivity index (χ1n) is 20.3. The Hall–Kier alpha value is -5.97. The smallest absolute Gasteiger partial charge is 0.144 e. The van der Waals surface area contributed by atoms with E-state index in [4.69, 9.17) is 10.3 Å². The van der Waals surface area contributed by atoms with Crippen molar-refractivity contribution < 1.29 is 0 Å². The molecule has 0 atom stereocenters. The number of hydrogen-bond acceptors (Lipinski definition) is 6. The molecule has 294 valence electrons. The number of rotatable bonds is 12. The third-order valence-electron chi connectivity index (χ3n) is 9.36. The van der Waals surface area contributed by atoms with Gasteiger partial charge in [0.15, 0.2) is 0 Å². The quantitative estimate of drug-likeness (QED) is 0.126. The highest BCUT2D eigenvalue weighted by Crippen LogP contribution is 2.34. The molecule has 0 spiro atoms. The first-order chi connectivity index (χ1) is 27.4. The highest BCUT2D eigenvalue weighted by Gasteiger charge is 2.26. The van der Waals surface area contributed by atoms with Gasteiger partial charge in [-0.25, -0.2) is 4.98 Å². The fraction of sp³-hybridized carbons (Fsp3) is 0.380. The molecule has 0 amide bonds. The van der Waals surface area contributed by atoms with Crippen LogP contribution in [0.5, 0.6) is 0 Å². The largest absolute Gasteiger partial charge is 0.324 e. The predicted octanol–water partition coefficient (Wildman–Crippen LogP) is 11.6. The maximum absolute atomic E-state index is 9.55. The first kappa shape index (κ1) is 43.8. The minimum absolute atomic E-state index is 0.508. The number of nitrogens with zero attached hydrogens (tertiary/aromatic N) is 7. The molecule has 0 fully saturated rings. The van der Waals surface area contributed by atoms with Crippen molar-refractivity contribution >= 4 is 11.5 Å². The van der Waals surface area contributed by atoms with Crippen LogP contribution >= 0.6 is 0 Å². The lowest BCUT2D eigenvalue weighted by Crippen LogP contribution is -2.30. The summed E-state index contributed by atoms with van der Waals surface area (Å²) in [5, 5.41) is 26.4. The molecule has 2 heterocycles. The number of amidine groups is 1. The van der Waals surface area contributed by atoms with E-state index in [1.807, 2.05) is 48.8 Å². The zero-order valence-corrected chi connectivity index (χ0v) is 35.4. The van der Waals surface area contributed by atoms with Gasteiger partial charge in [-0.3, -0.25) is 9.56 Å². The number of benzene rings is 4. The normalized spacial score (nSPS) is 12.0. The predicted molar refractivity (Wildman–Crippen MR) is 236 cm³/mol. The lowest BCUT2D eigenvalue weighted by Gasteiger charge is -2.28. The molecule has 0 radical (unpaired) electrons. The Kier molecular flexibility index (Phi) is 16.4. The van der Waals surface area contributed by atoms with Crippen molar-refractivity contribution in [2.75, 3.05) is 18.0 Å². The van der Waals surface area contributed by atoms with Gasteiger partial charge < -0.3 is 4.90 Å². The Bertz CT molecular complexity index is 2140. The van der Waals surface area contributed by atoms with Crippen LogP contribution in [0.25, 0.3) is 17.1 Å². The highest BCUT2D eigenvalue weighted by molar-refractivity contribution is 6.11. The number of aromatic nitrogens is 2. The molecule has 0 saturated carbocycles. The second-order valence-electron chi connectivity index (χ2n) is 16.3. The number of aliphatic imine (C=N–C) groups is 1. The summed E-state index contributed by atoms with van der Waals surface area (Å²) in [7, 11) is 0. The van der Waals surface area contributed by atoms with Crippen LogP contribution in [0.4, 0.5) is 5.69 Å². The molecule has 6 rings (SSSR count). The van der Waals surface area contributed by atoms with Gasteiger partial charge in [-0.05, 0) is 95.9 Å². The Morgan fingerprint density at radius 2 is 1.00 bits per heavy atom. The van der Waals surface area contributed by atoms with Crippen LogP contribution in [0.15, 0.2) is 102 Å². The van der Waals surface area contributed by atoms with Gasteiger partial charge in [0.05, 0.1) is 41.6 Å². The molecule has 1 aromatic heterocycles. The zero-order valence-electron chi connectivity index (χ0n) is 35.4.